The molecule has 3 atom stereocenters. The molecule has 0 radical (unpaired) electrons. The molecule has 0 unspecified atom stereocenters. The van der Waals surface area contributed by atoms with Crippen LogP contribution in [-0.2, 0) is 11.8 Å². The number of amides is 2. The van der Waals surface area contributed by atoms with Gasteiger partial charge in [0, 0.05) is 17.5 Å². The molecule has 8 heteroatoms. The van der Waals surface area contributed by atoms with Gasteiger partial charge in [-0.25, -0.2) is 14.2 Å². The summed E-state index contributed by atoms with van der Waals surface area (Å²) in [6, 6.07) is 9.73. The van der Waals surface area contributed by atoms with Gasteiger partial charge < -0.3 is 15.3 Å². The number of thiazole rings is 1. The van der Waals surface area contributed by atoms with E-state index in [-0.39, 0.29) is 35.1 Å². The molecular formula is C23H25FN4O2S. The standard InChI is InChI=1S/C23H25FN4O2S/c1-23-8-3-9-28(2)18(10-13-4-6-15(29)12-16(13)23)20(23)26-21(30)27-22-25-17-11-14(24)5-7-19(17)31-22/h4-7,11-12,18,20,29H,3,8-10H2,1-2H3,(H2,25,26,27,30)/t18-,20-,23+/m1/s1. The first-order valence-corrected chi connectivity index (χ1v) is 11.3. The average Bonchev–Trinajstić information content (AvgIpc) is 3.08. The number of aromatic nitrogens is 1. The molecule has 1 aliphatic carbocycles. The van der Waals surface area contributed by atoms with E-state index in [1.165, 1.54) is 29.0 Å². The number of likely N-dealkylation sites (tertiary alicyclic amines) is 1. The smallest absolute Gasteiger partial charge is 0.321 e. The van der Waals surface area contributed by atoms with Gasteiger partial charge in [-0.15, -0.1) is 0 Å². The number of anilines is 1. The number of carbonyl (C=O) groups excluding carboxylic acids is 1. The summed E-state index contributed by atoms with van der Waals surface area (Å²) < 4.78 is 14.3. The maximum Gasteiger partial charge on any atom is 0.321 e. The van der Waals surface area contributed by atoms with Crippen LogP contribution in [0.5, 0.6) is 5.75 Å². The quantitative estimate of drug-likeness (QED) is 0.557. The number of aromatic hydroxyl groups is 1. The van der Waals surface area contributed by atoms with Gasteiger partial charge in [-0.05, 0) is 68.2 Å². The van der Waals surface area contributed by atoms with Crippen LogP contribution in [0.15, 0.2) is 36.4 Å². The fraction of sp³-hybridized carbons (Fsp3) is 0.391. The minimum Gasteiger partial charge on any atom is -0.508 e. The third-order valence-corrected chi connectivity index (χ3v) is 7.79. The van der Waals surface area contributed by atoms with Crippen LogP contribution in [0.3, 0.4) is 0 Å². The minimum atomic E-state index is -0.349. The summed E-state index contributed by atoms with van der Waals surface area (Å²) in [6.07, 6.45) is 2.74. The fourth-order valence-corrected chi connectivity index (χ4v) is 6.10. The number of nitrogens with one attached hydrogen (secondary N) is 2. The third kappa shape index (κ3) is 3.53. The van der Waals surface area contributed by atoms with Gasteiger partial charge in [0.2, 0.25) is 0 Å². The number of halogens is 1. The highest BCUT2D eigenvalue weighted by Gasteiger charge is 2.49. The van der Waals surface area contributed by atoms with Crippen molar-refractivity contribution in [3.63, 3.8) is 0 Å². The van der Waals surface area contributed by atoms with Crippen molar-refractivity contribution in [1.29, 1.82) is 0 Å². The number of phenols is 1. The summed E-state index contributed by atoms with van der Waals surface area (Å²) >= 11 is 1.32. The van der Waals surface area contributed by atoms with E-state index >= 15 is 0 Å². The van der Waals surface area contributed by atoms with Gasteiger partial charge in [-0.1, -0.05) is 24.3 Å². The first-order valence-electron chi connectivity index (χ1n) is 10.5. The maximum absolute atomic E-state index is 13.5. The highest BCUT2D eigenvalue weighted by atomic mass is 32.1. The Morgan fingerprint density at radius 1 is 1.32 bits per heavy atom. The van der Waals surface area contributed by atoms with Crippen LogP contribution < -0.4 is 10.6 Å². The zero-order valence-corrected chi connectivity index (χ0v) is 18.3. The zero-order valence-electron chi connectivity index (χ0n) is 17.5. The van der Waals surface area contributed by atoms with Crippen LogP contribution in [0.1, 0.15) is 30.9 Å². The van der Waals surface area contributed by atoms with Crippen LogP contribution in [0.4, 0.5) is 14.3 Å². The lowest BCUT2D eigenvalue weighted by atomic mass is 9.64. The first-order chi connectivity index (χ1) is 14.8. The van der Waals surface area contributed by atoms with Gasteiger partial charge in [0.05, 0.1) is 16.3 Å². The second-order valence-electron chi connectivity index (χ2n) is 8.82. The monoisotopic (exact) mass is 440 g/mol. The van der Waals surface area contributed by atoms with Crippen molar-refractivity contribution in [2.75, 3.05) is 18.9 Å². The van der Waals surface area contributed by atoms with E-state index in [1.807, 2.05) is 12.1 Å². The number of carbonyl (C=O) groups is 1. The predicted molar refractivity (Wildman–Crippen MR) is 120 cm³/mol. The lowest BCUT2D eigenvalue weighted by Gasteiger charge is -2.48. The molecule has 31 heavy (non-hydrogen) atoms. The molecule has 2 aromatic carbocycles. The molecule has 6 nitrogen and oxygen atoms in total. The molecule has 3 N–H and O–H groups in total. The van der Waals surface area contributed by atoms with Crippen molar-refractivity contribution in [1.82, 2.24) is 15.2 Å². The Bertz CT molecular complexity index is 1170. The summed E-state index contributed by atoms with van der Waals surface area (Å²) in [5.74, 6) is -0.0982. The van der Waals surface area contributed by atoms with Crippen molar-refractivity contribution in [3.8, 4) is 5.75 Å². The van der Waals surface area contributed by atoms with Crippen molar-refractivity contribution in [3.05, 3.63) is 53.3 Å². The SMILES string of the molecule is CN1CCC[C@@]2(C)c3cc(O)ccc3C[C@@H]1[C@H]2NC(=O)Nc1nc2cc(F)ccc2s1. The molecule has 2 heterocycles. The molecule has 2 amide bonds. The summed E-state index contributed by atoms with van der Waals surface area (Å²) in [5, 5.41) is 16.6. The van der Waals surface area contributed by atoms with Gasteiger partial charge in [0.15, 0.2) is 5.13 Å². The van der Waals surface area contributed by atoms with Crippen LogP contribution in [0.2, 0.25) is 0 Å². The van der Waals surface area contributed by atoms with E-state index in [1.54, 1.807) is 12.1 Å². The van der Waals surface area contributed by atoms with E-state index < -0.39 is 0 Å². The second kappa shape index (κ2) is 7.46. The van der Waals surface area contributed by atoms with Gasteiger partial charge in [-0.3, -0.25) is 5.32 Å². The normalized spacial score (nSPS) is 25.6. The second-order valence-corrected chi connectivity index (χ2v) is 9.85. The number of benzene rings is 2. The molecular weight excluding hydrogens is 415 g/mol. The maximum atomic E-state index is 13.5. The fourth-order valence-electron chi connectivity index (χ4n) is 5.26. The van der Waals surface area contributed by atoms with Gasteiger partial charge in [0.25, 0.3) is 0 Å². The molecule has 162 valence electrons. The number of nitrogens with zero attached hydrogens (tertiary/aromatic N) is 2. The van der Waals surface area contributed by atoms with E-state index in [9.17, 15) is 14.3 Å². The van der Waals surface area contributed by atoms with Crippen molar-refractivity contribution >= 4 is 32.7 Å². The van der Waals surface area contributed by atoms with Crippen molar-refractivity contribution in [2.24, 2.45) is 0 Å². The van der Waals surface area contributed by atoms with Crippen molar-refractivity contribution in [2.45, 2.75) is 43.7 Å². The Kier molecular flexibility index (Phi) is 4.86. The molecule has 1 saturated heterocycles. The highest BCUT2D eigenvalue weighted by molar-refractivity contribution is 7.22. The largest absolute Gasteiger partial charge is 0.508 e. The Hall–Kier alpha value is -2.71. The first kappa shape index (κ1) is 20.2. The molecule has 0 spiro atoms. The van der Waals surface area contributed by atoms with Crippen LogP contribution >= 0.6 is 11.3 Å². The number of likely N-dealkylation sites (N-methyl/N-ethyl adjacent to an activating group) is 1. The average molecular weight is 441 g/mol. The Labute approximate surface area is 184 Å². The molecule has 2 bridgehead atoms. The Morgan fingerprint density at radius 3 is 3.00 bits per heavy atom. The number of hydrogen-bond donors (Lipinski definition) is 3. The predicted octanol–water partition coefficient (Wildman–Crippen LogP) is 4.24. The van der Waals surface area contributed by atoms with E-state index in [0.29, 0.717) is 10.6 Å². The number of hydrogen-bond acceptors (Lipinski definition) is 5. The molecule has 1 aromatic heterocycles. The van der Waals surface area contributed by atoms with Crippen molar-refractivity contribution < 1.29 is 14.3 Å². The summed E-state index contributed by atoms with van der Waals surface area (Å²) in [7, 11) is 2.11. The van der Waals surface area contributed by atoms with Crippen LogP contribution in [-0.4, -0.2) is 46.7 Å². The molecule has 2 aliphatic rings. The number of rotatable bonds is 2. The number of phenolic OH excluding ortho intramolecular Hbond substituents is 1. The summed E-state index contributed by atoms with van der Waals surface area (Å²) in [6.45, 7) is 3.14. The molecule has 0 saturated carbocycles. The van der Waals surface area contributed by atoms with Crippen LogP contribution in [0.25, 0.3) is 10.2 Å². The van der Waals surface area contributed by atoms with Crippen LogP contribution in [0, 0.1) is 5.82 Å². The molecule has 5 rings (SSSR count). The van der Waals surface area contributed by atoms with Gasteiger partial charge in [0.1, 0.15) is 11.6 Å². The topological polar surface area (TPSA) is 77.5 Å². The lowest BCUT2D eigenvalue weighted by molar-refractivity contribution is 0.159. The Balaban J connectivity index is 1.44. The summed E-state index contributed by atoms with van der Waals surface area (Å²) in [4.78, 5) is 19.7. The van der Waals surface area contributed by atoms with Gasteiger partial charge in [-0.2, -0.15) is 0 Å². The van der Waals surface area contributed by atoms with E-state index in [0.717, 1.165) is 36.1 Å². The van der Waals surface area contributed by atoms with E-state index in [4.69, 9.17) is 0 Å². The third-order valence-electron chi connectivity index (χ3n) is 6.84. The Morgan fingerprint density at radius 2 is 2.16 bits per heavy atom. The molecule has 3 aromatic rings. The zero-order chi connectivity index (χ0) is 21.8. The van der Waals surface area contributed by atoms with E-state index in [2.05, 4.69) is 34.5 Å². The minimum absolute atomic E-state index is 0.124. The molecule has 1 aliphatic heterocycles. The number of urea groups is 1. The highest BCUT2D eigenvalue weighted by Crippen LogP contribution is 2.45. The van der Waals surface area contributed by atoms with Gasteiger partial charge >= 0.3 is 6.03 Å². The summed E-state index contributed by atoms with van der Waals surface area (Å²) in [5.41, 5.74) is 2.57. The number of fused-ring (bicyclic) bond motifs is 5. The lowest BCUT2D eigenvalue weighted by Crippen LogP contribution is -2.62. The molecule has 1 fully saturated rings.